The zero-order valence-electron chi connectivity index (χ0n) is 20.9. The third-order valence-electron chi connectivity index (χ3n) is 6.13. The van der Waals surface area contributed by atoms with Crippen LogP contribution >= 0.6 is 27.3 Å². The summed E-state index contributed by atoms with van der Waals surface area (Å²) < 4.78 is 26.7. The van der Waals surface area contributed by atoms with Crippen molar-refractivity contribution in [3.8, 4) is 11.5 Å². The van der Waals surface area contributed by atoms with Crippen molar-refractivity contribution in [2.24, 2.45) is 4.99 Å². The van der Waals surface area contributed by atoms with E-state index in [1.54, 1.807) is 37.3 Å². The molecule has 1 N–H and O–H groups in total. The predicted molar refractivity (Wildman–Crippen MR) is 150 cm³/mol. The van der Waals surface area contributed by atoms with E-state index in [-0.39, 0.29) is 29.2 Å². The Morgan fingerprint density at radius 2 is 1.90 bits per heavy atom. The van der Waals surface area contributed by atoms with E-state index in [4.69, 9.17) is 14.5 Å². The molecule has 39 heavy (non-hydrogen) atoms. The van der Waals surface area contributed by atoms with Gasteiger partial charge in [0.2, 0.25) is 0 Å². The van der Waals surface area contributed by atoms with Crippen LogP contribution in [0.25, 0.3) is 11.8 Å². The van der Waals surface area contributed by atoms with Gasteiger partial charge in [-0.25, -0.2) is 14.2 Å². The molecule has 5 rings (SSSR count). The van der Waals surface area contributed by atoms with Crippen molar-refractivity contribution in [3.63, 3.8) is 0 Å². The van der Waals surface area contributed by atoms with Crippen LogP contribution in [0.4, 0.5) is 4.39 Å². The summed E-state index contributed by atoms with van der Waals surface area (Å²) >= 11 is 4.46. The van der Waals surface area contributed by atoms with Crippen molar-refractivity contribution >= 4 is 45.0 Å². The summed E-state index contributed by atoms with van der Waals surface area (Å²) in [7, 11) is 1.43. The fraction of sp³-hybridized carbons (Fsp3) is 0.138. The molecule has 198 valence electrons. The first kappa shape index (κ1) is 26.6. The SMILES string of the molecule is CCOC(=O)C1=C(c2ccccc2)N=c2s/c(=C/c3cc(Br)c(O)c(OC)c3)c(=O)n2C1c1ccc(F)cc1. The quantitative estimate of drug-likeness (QED) is 0.324. The lowest BCUT2D eigenvalue weighted by Crippen LogP contribution is -2.40. The van der Waals surface area contributed by atoms with Gasteiger partial charge in [-0.2, -0.15) is 0 Å². The van der Waals surface area contributed by atoms with Gasteiger partial charge < -0.3 is 14.6 Å². The molecule has 1 atom stereocenters. The molecule has 1 unspecified atom stereocenters. The number of carbonyl (C=O) groups is 1. The monoisotopic (exact) mass is 608 g/mol. The fourth-order valence-corrected chi connectivity index (χ4v) is 5.85. The summed E-state index contributed by atoms with van der Waals surface area (Å²) in [6.07, 6.45) is 1.66. The van der Waals surface area contributed by atoms with Gasteiger partial charge in [0.15, 0.2) is 16.3 Å². The Morgan fingerprint density at radius 1 is 1.18 bits per heavy atom. The maximum atomic E-state index is 13.9. The molecule has 7 nitrogen and oxygen atoms in total. The standard InChI is InChI=1S/C29H22BrFN2O5S/c1-3-38-28(36)23-24(17-7-5-4-6-8-17)32-29-33(25(23)18-9-11-19(31)12-10-18)27(35)22(39-29)15-16-13-20(30)26(34)21(14-16)37-2/h4-15,25,34H,3H2,1-2H3/b22-15+. The Balaban J connectivity index is 1.82. The number of methoxy groups -OCH3 is 1. The second kappa shape index (κ2) is 11.0. The highest BCUT2D eigenvalue weighted by atomic mass is 79.9. The van der Waals surface area contributed by atoms with Crippen molar-refractivity contribution in [3.05, 3.63) is 119 Å². The zero-order valence-corrected chi connectivity index (χ0v) is 23.3. The molecule has 2 heterocycles. The van der Waals surface area contributed by atoms with Gasteiger partial charge in [0.05, 0.1) is 40.0 Å². The molecule has 0 spiro atoms. The van der Waals surface area contributed by atoms with Crippen LogP contribution < -0.4 is 19.6 Å². The van der Waals surface area contributed by atoms with Crippen LogP contribution in [0.3, 0.4) is 0 Å². The highest BCUT2D eigenvalue weighted by Gasteiger charge is 2.35. The number of halogens is 2. The van der Waals surface area contributed by atoms with Crippen LogP contribution in [-0.4, -0.2) is 29.4 Å². The smallest absolute Gasteiger partial charge is 0.338 e. The predicted octanol–water partition coefficient (Wildman–Crippen LogP) is 4.55. The highest BCUT2D eigenvalue weighted by molar-refractivity contribution is 9.10. The van der Waals surface area contributed by atoms with Crippen molar-refractivity contribution in [2.75, 3.05) is 13.7 Å². The van der Waals surface area contributed by atoms with Gasteiger partial charge in [-0.3, -0.25) is 9.36 Å². The van der Waals surface area contributed by atoms with Gasteiger partial charge in [0, 0.05) is 5.56 Å². The molecule has 0 bridgehead atoms. The number of hydrogen-bond donors (Lipinski definition) is 1. The molecule has 0 saturated carbocycles. The molecule has 10 heteroatoms. The summed E-state index contributed by atoms with van der Waals surface area (Å²) in [6, 6.07) is 17.2. The van der Waals surface area contributed by atoms with E-state index in [0.29, 0.717) is 36.2 Å². The van der Waals surface area contributed by atoms with Gasteiger partial charge in [0.1, 0.15) is 5.82 Å². The molecule has 1 aromatic heterocycles. The molecular formula is C29H22BrFN2O5S. The van der Waals surface area contributed by atoms with E-state index in [0.717, 1.165) is 11.3 Å². The van der Waals surface area contributed by atoms with Gasteiger partial charge in [-0.1, -0.05) is 53.8 Å². The number of nitrogens with zero attached hydrogens (tertiary/aromatic N) is 2. The van der Waals surface area contributed by atoms with E-state index in [1.165, 1.54) is 23.8 Å². The number of phenolic OH excluding ortho intramolecular Hbond substituents is 1. The van der Waals surface area contributed by atoms with Crippen LogP contribution in [0, 0.1) is 5.82 Å². The average molecular weight is 609 g/mol. The number of phenols is 1. The van der Waals surface area contributed by atoms with E-state index in [1.807, 2.05) is 30.3 Å². The van der Waals surface area contributed by atoms with Gasteiger partial charge >= 0.3 is 5.97 Å². The molecule has 4 aromatic rings. The lowest BCUT2D eigenvalue weighted by atomic mass is 9.93. The first-order chi connectivity index (χ1) is 18.8. The molecule has 0 amide bonds. The number of aromatic hydroxyl groups is 1. The number of rotatable bonds is 6. The van der Waals surface area contributed by atoms with Gasteiger partial charge in [0.25, 0.3) is 5.56 Å². The number of hydrogen-bond acceptors (Lipinski definition) is 7. The minimum Gasteiger partial charge on any atom is -0.503 e. The van der Waals surface area contributed by atoms with Gasteiger partial charge in [-0.05, 0) is 64.3 Å². The first-order valence-electron chi connectivity index (χ1n) is 11.9. The second-order valence-corrected chi connectivity index (χ2v) is 10.4. The summed E-state index contributed by atoms with van der Waals surface area (Å²) in [5.41, 5.74) is 1.99. The molecule has 1 aliphatic heterocycles. The third kappa shape index (κ3) is 5.05. The zero-order chi connectivity index (χ0) is 27.7. The van der Waals surface area contributed by atoms with E-state index >= 15 is 0 Å². The average Bonchev–Trinajstić information content (AvgIpc) is 3.25. The second-order valence-electron chi connectivity index (χ2n) is 8.54. The van der Waals surface area contributed by atoms with Crippen LogP contribution in [0.2, 0.25) is 0 Å². The Labute approximate surface area is 234 Å². The third-order valence-corrected chi connectivity index (χ3v) is 7.72. The van der Waals surface area contributed by atoms with E-state index in [9.17, 15) is 19.1 Å². The number of benzene rings is 3. The van der Waals surface area contributed by atoms with Crippen LogP contribution in [0.5, 0.6) is 11.5 Å². The maximum absolute atomic E-state index is 13.9. The Hall–Kier alpha value is -4.02. The van der Waals surface area contributed by atoms with Crippen LogP contribution in [0.1, 0.15) is 29.7 Å². The van der Waals surface area contributed by atoms with Gasteiger partial charge in [-0.15, -0.1) is 0 Å². The van der Waals surface area contributed by atoms with Crippen LogP contribution in [-0.2, 0) is 9.53 Å². The molecule has 0 aliphatic carbocycles. The topological polar surface area (TPSA) is 90.1 Å². The Kier molecular flexibility index (Phi) is 7.49. The van der Waals surface area contributed by atoms with E-state index < -0.39 is 17.8 Å². The van der Waals surface area contributed by atoms with Crippen molar-refractivity contribution < 1.29 is 23.8 Å². The molecular weight excluding hydrogens is 587 g/mol. The molecule has 3 aromatic carbocycles. The molecule has 1 aliphatic rings. The lowest BCUT2D eigenvalue weighted by Gasteiger charge is -2.25. The minimum atomic E-state index is -0.903. The number of aromatic nitrogens is 1. The maximum Gasteiger partial charge on any atom is 0.338 e. The number of esters is 1. The van der Waals surface area contributed by atoms with Crippen molar-refractivity contribution in [1.29, 1.82) is 0 Å². The van der Waals surface area contributed by atoms with E-state index in [2.05, 4.69) is 15.9 Å². The van der Waals surface area contributed by atoms with Crippen molar-refractivity contribution in [1.82, 2.24) is 4.57 Å². The first-order valence-corrected chi connectivity index (χ1v) is 13.5. The summed E-state index contributed by atoms with van der Waals surface area (Å²) in [5, 5.41) is 10.2. The number of carbonyl (C=O) groups excluding carboxylic acids is 1. The Bertz CT molecular complexity index is 1780. The van der Waals surface area contributed by atoms with Crippen LogP contribution in [0.15, 0.2) is 86.6 Å². The Morgan fingerprint density at radius 3 is 2.56 bits per heavy atom. The summed E-state index contributed by atoms with van der Waals surface area (Å²) in [4.78, 5) is 32.4. The number of thiazole rings is 1. The largest absolute Gasteiger partial charge is 0.503 e. The van der Waals surface area contributed by atoms with Crippen molar-refractivity contribution in [2.45, 2.75) is 13.0 Å². The fourth-order valence-electron chi connectivity index (χ4n) is 4.38. The normalized spacial score (nSPS) is 15.1. The molecule has 0 saturated heterocycles. The molecule has 0 radical (unpaired) electrons. The molecule has 0 fully saturated rings. The summed E-state index contributed by atoms with van der Waals surface area (Å²) in [6.45, 7) is 1.83. The highest BCUT2D eigenvalue weighted by Crippen LogP contribution is 2.36. The summed E-state index contributed by atoms with van der Waals surface area (Å²) in [5.74, 6) is -0.874. The minimum absolute atomic E-state index is 0.0565. The number of ether oxygens (including phenoxy) is 2. The lowest BCUT2D eigenvalue weighted by molar-refractivity contribution is -0.138. The number of fused-ring (bicyclic) bond motifs is 1.